The van der Waals surface area contributed by atoms with Crippen LogP contribution in [0.2, 0.25) is 0 Å². The van der Waals surface area contributed by atoms with Crippen LogP contribution in [0.4, 0.5) is 0 Å². The Labute approximate surface area is 162 Å². The second-order valence-electron chi connectivity index (χ2n) is 6.88. The van der Waals surface area contributed by atoms with Crippen LogP contribution in [0, 0.1) is 11.3 Å². The number of fused-ring (bicyclic) bond motifs is 3. The van der Waals surface area contributed by atoms with Gasteiger partial charge in [-0.3, -0.25) is 4.79 Å². The molecule has 28 heavy (non-hydrogen) atoms. The van der Waals surface area contributed by atoms with E-state index in [1.807, 2.05) is 31.2 Å². The number of rotatable bonds is 2. The van der Waals surface area contributed by atoms with Gasteiger partial charge in [-0.2, -0.15) is 5.26 Å². The molecule has 1 N–H and O–H groups in total. The van der Waals surface area contributed by atoms with Crippen LogP contribution >= 0.6 is 0 Å². The van der Waals surface area contributed by atoms with Gasteiger partial charge < -0.3 is 10.1 Å². The number of hydrogen-bond acceptors (Lipinski definition) is 5. The molecule has 0 radical (unpaired) electrons. The molecule has 0 amide bonds. The van der Waals surface area contributed by atoms with Crippen LogP contribution in [0.25, 0.3) is 11.1 Å². The second kappa shape index (κ2) is 6.50. The summed E-state index contributed by atoms with van der Waals surface area (Å²) in [4.78, 5) is 25.5. The summed E-state index contributed by atoms with van der Waals surface area (Å²) in [6.07, 6.45) is 0. The lowest BCUT2D eigenvalue weighted by molar-refractivity contribution is -0.136. The lowest BCUT2D eigenvalue weighted by Crippen LogP contribution is -2.28. The van der Waals surface area contributed by atoms with E-state index in [0.29, 0.717) is 33.7 Å². The largest absolute Gasteiger partial charge is 0.466 e. The number of esters is 1. The minimum absolute atomic E-state index is 0.0408. The van der Waals surface area contributed by atoms with Crippen molar-refractivity contribution in [1.29, 1.82) is 5.26 Å². The van der Waals surface area contributed by atoms with Gasteiger partial charge >= 0.3 is 5.97 Å². The van der Waals surface area contributed by atoms with E-state index in [9.17, 15) is 14.9 Å². The quantitative estimate of drug-likeness (QED) is 0.694. The van der Waals surface area contributed by atoms with Crippen LogP contribution in [0.15, 0.2) is 65.0 Å². The average molecular weight is 370 g/mol. The molecule has 0 aromatic heterocycles. The molecule has 0 spiro atoms. The van der Waals surface area contributed by atoms with Crippen LogP contribution in [0.5, 0.6) is 0 Å². The van der Waals surface area contributed by atoms with E-state index < -0.39 is 11.9 Å². The fraction of sp³-hybridized carbons (Fsp3) is 0.174. The molecular weight excluding hydrogens is 352 g/mol. The third-order valence-corrected chi connectivity index (χ3v) is 5.38. The molecule has 0 saturated heterocycles. The highest BCUT2D eigenvalue weighted by Gasteiger charge is 2.38. The van der Waals surface area contributed by atoms with Crippen molar-refractivity contribution in [3.8, 4) is 17.2 Å². The summed E-state index contributed by atoms with van der Waals surface area (Å²) in [5, 5.41) is 13.0. The van der Waals surface area contributed by atoms with Gasteiger partial charge in [0.25, 0.3) is 0 Å². The Kier molecular flexibility index (Phi) is 4.12. The monoisotopic (exact) mass is 370 g/mol. The molecule has 4 rings (SSSR count). The number of nitrogens with zero attached hydrogens (tertiary/aromatic N) is 1. The van der Waals surface area contributed by atoms with E-state index >= 15 is 0 Å². The molecule has 5 nitrogen and oxygen atoms in total. The summed E-state index contributed by atoms with van der Waals surface area (Å²) < 4.78 is 5.01. The third-order valence-electron chi connectivity index (χ3n) is 5.38. The van der Waals surface area contributed by atoms with E-state index in [0.717, 1.165) is 16.7 Å². The standard InChI is InChI=1S/C23H18N2O3/c1-12-18(11-24)21(19(13(2)25-12)23(27)28-3)16-9-6-10-17-20(16)14-7-4-5-8-15(14)22(17)26/h4-10,21,25H,1-3H3. The van der Waals surface area contributed by atoms with E-state index in [1.54, 1.807) is 25.1 Å². The molecule has 2 aromatic carbocycles. The smallest absolute Gasteiger partial charge is 0.336 e. The van der Waals surface area contributed by atoms with Crippen LogP contribution in [-0.2, 0) is 9.53 Å². The van der Waals surface area contributed by atoms with E-state index in [-0.39, 0.29) is 5.78 Å². The van der Waals surface area contributed by atoms with Crippen LogP contribution in [-0.4, -0.2) is 18.9 Å². The highest BCUT2D eigenvalue weighted by Crippen LogP contribution is 2.46. The first-order valence-corrected chi connectivity index (χ1v) is 8.93. The maximum atomic E-state index is 12.9. The maximum absolute atomic E-state index is 12.9. The van der Waals surface area contributed by atoms with E-state index in [1.165, 1.54) is 7.11 Å². The van der Waals surface area contributed by atoms with Gasteiger partial charge in [0, 0.05) is 22.5 Å². The fourth-order valence-corrected chi connectivity index (χ4v) is 4.18. The zero-order valence-corrected chi connectivity index (χ0v) is 15.8. The van der Waals surface area contributed by atoms with E-state index in [2.05, 4.69) is 11.4 Å². The number of nitriles is 1. The van der Waals surface area contributed by atoms with Crippen molar-refractivity contribution in [2.24, 2.45) is 0 Å². The number of dihydropyridines is 1. The minimum atomic E-state index is -0.604. The van der Waals surface area contributed by atoms with Gasteiger partial charge in [0.2, 0.25) is 0 Å². The zero-order valence-electron chi connectivity index (χ0n) is 15.8. The number of carbonyl (C=O) groups excluding carboxylic acids is 2. The Morgan fingerprint density at radius 1 is 1.04 bits per heavy atom. The van der Waals surface area contributed by atoms with Gasteiger partial charge in [-0.05, 0) is 30.5 Å². The first-order chi connectivity index (χ1) is 13.5. The number of methoxy groups -OCH3 is 1. The van der Waals surface area contributed by atoms with Crippen molar-refractivity contribution in [3.05, 3.63) is 81.7 Å². The molecular formula is C23H18N2O3. The molecule has 1 heterocycles. The van der Waals surface area contributed by atoms with Crippen molar-refractivity contribution < 1.29 is 14.3 Å². The highest BCUT2D eigenvalue weighted by molar-refractivity contribution is 6.22. The molecule has 1 atom stereocenters. The number of ether oxygens (including phenoxy) is 1. The van der Waals surface area contributed by atoms with Gasteiger partial charge in [0.1, 0.15) is 0 Å². The van der Waals surface area contributed by atoms with Crippen LogP contribution < -0.4 is 5.32 Å². The molecule has 2 aromatic rings. The summed E-state index contributed by atoms with van der Waals surface area (Å²) in [6, 6.07) is 15.1. The molecule has 138 valence electrons. The van der Waals surface area contributed by atoms with Gasteiger partial charge in [0.15, 0.2) is 5.78 Å². The van der Waals surface area contributed by atoms with Crippen LogP contribution in [0.3, 0.4) is 0 Å². The Hall–Kier alpha value is -3.65. The Morgan fingerprint density at radius 2 is 1.71 bits per heavy atom. The number of allylic oxidation sites excluding steroid dienone is 3. The normalized spacial score (nSPS) is 17.6. The summed E-state index contributed by atoms with van der Waals surface area (Å²) in [6.45, 7) is 3.60. The van der Waals surface area contributed by atoms with Crippen molar-refractivity contribution in [3.63, 3.8) is 0 Å². The van der Waals surface area contributed by atoms with Crippen molar-refractivity contribution in [2.75, 3.05) is 7.11 Å². The number of benzene rings is 2. The lowest BCUT2D eigenvalue weighted by atomic mass is 9.78. The molecule has 1 aliphatic heterocycles. The Morgan fingerprint density at radius 3 is 2.39 bits per heavy atom. The number of carbonyl (C=O) groups is 2. The average Bonchev–Trinajstić information content (AvgIpc) is 3.00. The summed E-state index contributed by atoms with van der Waals surface area (Å²) in [5.74, 6) is -1.14. The third kappa shape index (κ3) is 2.39. The zero-order chi connectivity index (χ0) is 20.0. The van der Waals surface area contributed by atoms with Crippen molar-refractivity contribution >= 4 is 11.8 Å². The predicted molar refractivity (Wildman–Crippen MR) is 104 cm³/mol. The Bertz CT molecular complexity index is 1150. The fourth-order valence-electron chi connectivity index (χ4n) is 4.18. The maximum Gasteiger partial charge on any atom is 0.336 e. The van der Waals surface area contributed by atoms with Crippen molar-refractivity contribution in [1.82, 2.24) is 5.32 Å². The molecule has 5 heteroatoms. The number of nitrogens with one attached hydrogen (secondary N) is 1. The van der Waals surface area contributed by atoms with Gasteiger partial charge in [-0.25, -0.2) is 4.79 Å². The van der Waals surface area contributed by atoms with E-state index in [4.69, 9.17) is 4.74 Å². The molecule has 1 aliphatic carbocycles. The number of ketones is 1. The molecule has 2 aliphatic rings. The van der Waals surface area contributed by atoms with Gasteiger partial charge in [0.05, 0.1) is 30.2 Å². The van der Waals surface area contributed by atoms with Gasteiger partial charge in [-0.15, -0.1) is 0 Å². The minimum Gasteiger partial charge on any atom is -0.466 e. The summed E-state index contributed by atoms with van der Waals surface area (Å²) in [5.41, 5.74) is 5.75. The first-order valence-electron chi connectivity index (χ1n) is 8.93. The molecule has 0 fully saturated rings. The topological polar surface area (TPSA) is 79.2 Å². The van der Waals surface area contributed by atoms with Gasteiger partial charge in [-0.1, -0.05) is 42.5 Å². The van der Waals surface area contributed by atoms with Crippen LogP contribution in [0.1, 0.15) is 41.3 Å². The van der Waals surface area contributed by atoms with Crippen molar-refractivity contribution in [2.45, 2.75) is 19.8 Å². The lowest BCUT2D eigenvalue weighted by Gasteiger charge is -2.29. The summed E-state index contributed by atoms with van der Waals surface area (Å²) in [7, 11) is 1.32. The Balaban J connectivity index is 2.04. The second-order valence-corrected chi connectivity index (χ2v) is 6.88. The first kappa shape index (κ1) is 17.7. The molecule has 1 unspecified atom stereocenters. The SMILES string of the molecule is COC(=O)C1=C(C)NC(C)=C(C#N)C1c1cccc2c1-c1ccccc1C2=O. The summed E-state index contributed by atoms with van der Waals surface area (Å²) >= 11 is 0. The molecule has 0 bridgehead atoms. The highest BCUT2D eigenvalue weighted by atomic mass is 16.5. The predicted octanol–water partition coefficient (Wildman–Crippen LogP) is 3.83. The number of hydrogen-bond donors (Lipinski definition) is 1. The molecule has 0 saturated carbocycles.